The number of nitrogens with one attached hydrogen (secondary N) is 1. The first-order valence-corrected chi connectivity index (χ1v) is 6.55. The maximum Gasteiger partial charge on any atom is 0.222 e. The summed E-state index contributed by atoms with van der Waals surface area (Å²) in [7, 11) is 0. The lowest BCUT2D eigenvalue weighted by Gasteiger charge is -2.27. The van der Waals surface area contributed by atoms with E-state index in [1.54, 1.807) is 0 Å². The lowest BCUT2D eigenvalue weighted by atomic mass is 9.88. The molecule has 1 N–H and O–H groups in total. The topological polar surface area (TPSA) is 29.1 Å². The monoisotopic (exact) mass is 261 g/mol. The van der Waals surface area contributed by atoms with Gasteiger partial charge < -0.3 is 5.32 Å². The zero-order valence-corrected chi connectivity index (χ0v) is 10.7. The highest BCUT2D eigenvalue weighted by atomic mass is 79.9. The summed E-state index contributed by atoms with van der Waals surface area (Å²) in [5.41, 5.74) is 0.338. The summed E-state index contributed by atoms with van der Waals surface area (Å²) < 4.78 is 0. The molecule has 0 radical (unpaired) electrons. The minimum Gasteiger partial charge on any atom is -0.355 e. The van der Waals surface area contributed by atoms with Gasteiger partial charge >= 0.3 is 0 Å². The second kappa shape index (κ2) is 5.15. The van der Waals surface area contributed by atoms with Crippen LogP contribution in [0.2, 0.25) is 0 Å². The van der Waals surface area contributed by atoms with Crippen molar-refractivity contribution in [2.75, 3.05) is 11.9 Å². The van der Waals surface area contributed by atoms with Crippen molar-refractivity contribution in [1.82, 2.24) is 5.32 Å². The van der Waals surface area contributed by atoms with Crippen molar-refractivity contribution < 1.29 is 4.79 Å². The van der Waals surface area contributed by atoms with Crippen LogP contribution in [0.25, 0.3) is 0 Å². The van der Waals surface area contributed by atoms with Crippen LogP contribution in [0.1, 0.15) is 39.5 Å². The molecule has 1 amide bonds. The van der Waals surface area contributed by atoms with Crippen LogP contribution < -0.4 is 5.32 Å². The second-order valence-electron chi connectivity index (χ2n) is 4.71. The van der Waals surface area contributed by atoms with Crippen molar-refractivity contribution in [2.24, 2.45) is 11.3 Å². The third kappa shape index (κ3) is 2.97. The highest BCUT2D eigenvalue weighted by molar-refractivity contribution is 9.09. The first kappa shape index (κ1) is 12.0. The normalized spacial score (nSPS) is 20.0. The highest BCUT2D eigenvalue weighted by Gasteiger charge is 2.33. The Morgan fingerprint density at radius 3 is 2.43 bits per heavy atom. The largest absolute Gasteiger partial charge is 0.355 e. The van der Waals surface area contributed by atoms with Crippen LogP contribution >= 0.6 is 15.9 Å². The van der Waals surface area contributed by atoms with Gasteiger partial charge in [-0.3, -0.25) is 4.79 Å². The number of rotatable bonds is 4. The fourth-order valence-electron chi connectivity index (χ4n) is 1.96. The predicted octanol–water partition coefficient (Wildman–Crippen LogP) is 2.71. The quantitative estimate of drug-likeness (QED) is 0.775. The van der Waals surface area contributed by atoms with Crippen molar-refractivity contribution in [2.45, 2.75) is 39.5 Å². The average Bonchev–Trinajstić information content (AvgIpc) is 2.63. The molecule has 1 aliphatic rings. The lowest BCUT2D eigenvalue weighted by molar-refractivity contribution is -0.124. The zero-order valence-electron chi connectivity index (χ0n) is 9.11. The number of carbonyl (C=O) groups is 1. The predicted molar refractivity (Wildman–Crippen MR) is 62.5 cm³/mol. The van der Waals surface area contributed by atoms with E-state index in [1.807, 2.05) is 13.8 Å². The number of halogens is 1. The smallest absolute Gasteiger partial charge is 0.222 e. The molecule has 0 aromatic rings. The molecule has 0 bridgehead atoms. The molecule has 0 heterocycles. The Morgan fingerprint density at radius 2 is 2.00 bits per heavy atom. The van der Waals surface area contributed by atoms with E-state index < -0.39 is 0 Å². The molecule has 2 nitrogen and oxygen atoms in total. The number of amides is 1. The third-order valence-corrected chi connectivity index (χ3v) is 4.30. The summed E-state index contributed by atoms with van der Waals surface area (Å²) in [6.45, 7) is 4.71. The highest BCUT2D eigenvalue weighted by Crippen LogP contribution is 2.38. The summed E-state index contributed by atoms with van der Waals surface area (Å²) in [6, 6.07) is 0. The van der Waals surface area contributed by atoms with Crippen molar-refractivity contribution in [1.29, 1.82) is 0 Å². The molecule has 0 saturated heterocycles. The van der Waals surface area contributed by atoms with Crippen LogP contribution in [0, 0.1) is 11.3 Å². The number of hydrogen-bond donors (Lipinski definition) is 1. The van der Waals surface area contributed by atoms with E-state index in [0.717, 1.165) is 11.9 Å². The fraction of sp³-hybridized carbons (Fsp3) is 0.909. The summed E-state index contributed by atoms with van der Waals surface area (Å²) in [5.74, 6) is 0.279. The van der Waals surface area contributed by atoms with Crippen LogP contribution in [-0.2, 0) is 4.79 Å². The molecular formula is C11H20BrNO. The number of alkyl halides is 1. The number of hydrogen-bond acceptors (Lipinski definition) is 1. The molecule has 3 heteroatoms. The maximum absolute atomic E-state index is 11.4. The van der Waals surface area contributed by atoms with Gasteiger partial charge in [0.15, 0.2) is 0 Å². The standard InChI is InChI=1S/C11H20BrNO/c1-9(2)10(14)13-8-11(7-12)5-3-4-6-11/h9H,3-8H2,1-2H3,(H,13,14). The average molecular weight is 262 g/mol. The summed E-state index contributed by atoms with van der Waals surface area (Å²) in [5, 5.41) is 4.06. The second-order valence-corrected chi connectivity index (χ2v) is 5.27. The van der Waals surface area contributed by atoms with Gasteiger partial charge in [0, 0.05) is 17.8 Å². The van der Waals surface area contributed by atoms with Gasteiger partial charge in [-0.25, -0.2) is 0 Å². The van der Waals surface area contributed by atoms with Crippen molar-refractivity contribution in [3.63, 3.8) is 0 Å². The van der Waals surface area contributed by atoms with E-state index >= 15 is 0 Å². The van der Waals surface area contributed by atoms with Crippen LogP contribution in [0.15, 0.2) is 0 Å². The Hall–Kier alpha value is -0.0500. The van der Waals surface area contributed by atoms with Crippen LogP contribution in [0.5, 0.6) is 0 Å². The van der Waals surface area contributed by atoms with Gasteiger partial charge in [-0.05, 0) is 18.3 Å². The molecule has 0 aliphatic heterocycles. The van der Waals surface area contributed by atoms with E-state index in [4.69, 9.17) is 0 Å². The fourth-order valence-corrected chi connectivity index (χ4v) is 2.72. The minimum absolute atomic E-state index is 0.101. The van der Waals surface area contributed by atoms with Crippen molar-refractivity contribution >= 4 is 21.8 Å². The van der Waals surface area contributed by atoms with Gasteiger partial charge in [-0.15, -0.1) is 0 Å². The molecule has 0 atom stereocenters. The Labute approximate surface area is 95.0 Å². The van der Waals surface area contributed by atoms with Gasteiger partial charge in [-0.2, -0.15) is 0 Å². The molecule has 0 spiro atoms. The SMILES string of the molecule is CC(C)C(=O)NCC1(CBr)CCCC1. The van der Waals surface area contributed by atoms with E-state index in [1.165, 1.54) is 25.7 Å². The molecule has 82 valence electrons. The van der Waals surface area contributed by atoms with Gasteiger partial charge in [0.25, 0.3) is 0 Å². The van der Waals surface area contributed by atoms with E-state index in [0.29, 0.717) is 5.41 Å². The van der Waals surface area contributed by atoms with Crippen LogP contribution in [0.3, 0.4) is 0 Å². The Morgan fingerprint density at radius 1 is 1.43 bits per heavy atom. The van der Waals surface area contributed by atoms with E-state index in [-0.39, 0.29) is 11.8 Å². The Kier molecular flexibility index (Phi) is 4.42. The van der Waals surface area contributed by atoms with Gasteiger partial charge in [0.2, 0.25) is 5.91 Å². The van der Waals surface area contributed by atoms with E-state index in [2.05, 4.69) is 21.2 Å². The first-order valence-electron chi connectivity index (χ1n) is 5.43. The molecule has 1 fully saturated rings. The molecule has 1 aliphatic carbocycles. The minimum atomic E-state index is 0.101. The van der Waals surface area contributed by atoms with Crippen LogP contribution in [0.4, 0.5) is 0 Å². The molecule has 0 aromatic heterocycles. The van der Waals surface area contributed by atoms with Gasteiger partial charge in [0.05, 0.1) is 0 Å². The summed E-state index contributed by atoms with van der Waals surface area (Å²) in [4.78, 5) is 11.4. The molecule has 1 rings (SSSR count). The summed E-state index contributed by atoms with van der Waals surface area (Å²) in [6.07, 6.45) is 5.11. The molecule has 14 heavy (non-hydrogen) atoms. The van der Waals surface area contributed by atoms with Gasteiger partial charge in [0.1, 0.15) is 0 Å². The molecule has 0 unspecified atom stereocenters. The third-order valence-electron chi connectivity index (χ3n) is 3.11. The Balaban J connectivity index is 2.38. The zero-order chi connectivity index (χ0) is 10.6. The van der Waals surface area contributed by atoms with Gasteiger partial charge in [-0.1, -0.05) is 42.6 Å². The number of carbonyl (C=O) groups excluding carboxylic acids is 1. The Bertz CT molecular complexity index is 197. The maximum atomic E-state index is 11.4. The molecular weight excluding hydrogens is 242 g/mol. The molecule has 0 aromatic carbocycles. The first-order chi connectivity index (χ1) is 6.59. The lowest BCUT2D eigenvalue weighted by Crippen LogP contribution is -2.38. The van der Waals surface area contributed by atoms with Crippen molar-refractivity contribution in [3.8, 4) is 0 Å². The van der Waals surface area contributed by atoms with Crippen molar-refractivity contribution in [3.05, 3.63) is 0 Å². The van der Waals surface area contributed by atoms with E-state index in [9.17, 15) is 4.79 Å². The molecule has 1 saturated carbocycles. The summed E-state index contributed by atoms with van der Waals surface area (Å²) >= 11 is 3.57. The van der Waals surface area contributed by atoms with Crippen LogP contribution in [-0.4, -0.2) is 17.8 Å².